The van der Waals surface area contributed by atoms with Gasteiger partial charge in [0, 0.05) is 5.92 Å². The van der Waals surface area contributed by atoms with Crippen molar-refractivity contribution in [3.63, 3.8) is 0 Å². The second-order valence-corrected chi connectivity index (χ2v) is 3.41. The molecular weight excluding hydrogens is 164 g/mol. The third-order valence-electron chi connectivity index (χ3n) is 2.16. The van der Waals surface area contributed by atoms with E-state index in [2.05, 4.69) is 29.3 Å². The van der Waals surface area contributed by atoms with Crippen LogP contribution in [0.2, 0.25) is 0 Å². The second-order valence-electron chi connectivity index (χ2n) is 3.41. The minimum atomic E-state index is 0.503. The summed E-state index contributed by atoms with van der Waals surface area (Å²) in [5.74, 6) is 1.41. The first-order valence-electron chi connectivity index (χ1n) is 5.01. The van der Waals surface area contributed by atoms with Gasteiger partial charge in [-0.15, -0.1) is 10.2 Å². The zero-order valence-electron chi connectivity index (χ0n) is 8.69. The maximum absolute atomic E-state index is 4.24. The van der Waals surface area contributed by atoms with Gasteiger partial charge >= 0.3 is 0 Å². The topological polar surface area (TPSA) is 43.6 Å². The van der Waals surface area contributed by atoms with E-state index in [9.17, 15) is 0 Å². The van der Waals surface area contributed by atoms with E-state index < -0.39 is 0 Å². The van der Waals surface area contributed by atoms with Gasteiger partial charge in [0.1, 0.15) is 0 Å². The van der Waals surface area contributed by atoms with Crippen molar-refractivity contribution in [1.29, 1.82) is 0 Å². The molecule has 0 saturated carbocycles. The Labute approximate surface area is 79.3 Å². The molecule has 0 spiro atoms. The maximum Gasteiger partial charge on any atom is 0.177 e. The highest BCUT2D eigenvalue weighted by atomic mass is 15.6. The Balaban J connectivity index is 2.63. The van der Waals surface area contributed by atoms with Gasteiger partial charge in [-0.05, 0) is 18.1 Å². The van der Waals surface area contributed by atoms with Crippen LogP contribution in [0.1, 0.15) is 51.3 Å². The molecule has 0 aliphatic carbocycles. The third kappa shape index (κ3) is 2.79. The highest BCUT2D eigenvalue weighted by Gasteiger charge is 2.14. The summed E-state index contributed by atoms with van der Waals surface area (Å²) in [6.45, 7) is 4.39. The van der Waals surface area contributed by atoms with Gasteiger partial charge in [0.05, 0.1) is 7.05 Å². The predicted octanol–water partition coefficient (Wildman–Crippen LogP) is 1.89. The molecule has 13 heavy (non-hydrogen) atoms. The lowest BCUT2D eigenvalue weighted by Crippen LogP contribution is -2.01. The Morgan fingerprint density at radius 1 is 1.23 bits per heavy atom. The Morgan fingerprint density at radius 3 is 2.23 bits per heavy atom. The van der Waals surface area contributed by atoms with Gasteiger partial charge in [0.25, 0.3) is 0 Å². The first kappa shape index (κ1) is 10.2. The van der Waals surface area contributed by atoms with Gasteiger partial charge in [0.2, 0.25) is 0 Å². The second kappa shape index (κ2) is 4.94. The van der Waals surface area contributed by atoms with E-state index in [1.54, 1.807) is 0 Å². The Kier molecular flexibility index (Phi) is 3.86. The summed E-state index contributed by atoms with van der Waals surface area (Å²) in [5, 5.41) is 12.2. The van der Waals surface area contributed by atoms with E-state index in [1.165, 1.54) is 30.5 Å². The molecule has 0 radical (unpaired) electrons. The SMILES string of the molecule is CCCC(CCC)c1nnn(C)n1. The molecule has 0 fully saturated rings. The average Bonchev–Trinajstić information content (AvgIpc) is 2.51. The van der Waals surface area contributed by atoms with Gasteiger partial charge in [-0.2, -0.15) is 4.80 Å². The fraction of sp³-hybridized carbons (Fsp3) is 0.889. The number of aryl methyl sites for hydroxylation is 1. The van der Waals surface area contributed by atoms with Gasteiger partial charge in [-0.3, -0.25) is 0 Å². The number of rotatable bonds is 5. The monoisotopic (exact) mass is 182 g/mol. The molecule has 0 amide bonds. The molecule has 4 nitrogen and oxygen atoms in total. The fourth-order valence-corrected chi connectivity index (χ4v) is 1.56. The normalized spacial score (nSPS) is 11.1. The zero-order chi connectivity index (χ0) is 9.68. The van der Waals surface area contributed by atoms with E-state index >= 15 is 0 Å². The van der Waals surface area contributed by atoms with Crippen LogP contribution in [0.25, 0.3) is 0 Å². The van der Waals surface area contributed by atoms with E-state index in [0.717, 1.165) is 5.82 Å². The van der Waals surface area contributed by atoms with Crippen molar-refractivity contribution in [3.05, 3.63) is 5.82 Å². The van der Waals surface area contributed by atoms with E-state index in [0.29, 0.717) is 5.92 Å². The van der Waals surface area contributed by atoms with Gasteiger partial charge < -0.3 is 0 Å². The number of hydrogen-bond acceptors (Lipinski definition) is 3. The molecule has 0 saturated heterocycles. The number of nitrogens with zero attached hydrogens (tertiary/aromatic N) is 4. The molecule has 4 heteroatoms. The molecular formula is C9H18N4. The van der Waals surface area contributed by atoms with Crippen molar-refractivity contribution in [3.8, 4) is 0 Å². The van der Waals surface area contributed by atoms with E-state index in [-0.39, 0.29) is 0 Å². The van der Waals surface area contributed by atoms with Gasteiger partial charge in [0.15, 0.2) is 5.82 Å². The molecule has 0 atom stereocenters. The number of tetrazole rings is 1. The quantitative estimate of drug-likeness (QED) is 0.698. The van der Waals surface area contributed by atoms with Crippen molar-refractivity contribution in [2.24, 2.45) is 7.05 Å². The third-order valence-corrected chi connectivity index (χ3v) is 2.16. The molecule has 1 aromatic rings. The molecule has 1 rings (SSSR count). The standard InChI is InChI=1S/C9H18N4/c1-4-6-8(7-5-2)9-10-12-13(3)11-9/h8H,4-7H2,1-3H3. The van der Waals surface area contributed by atoms with Crippen LogP contribution >= 0.6 is 0 Å². The van der Waals surface area contributed by atoms with E-state index in [4.69, 9.17) is 0 Å². The molecule has 1 heterocycles. The molecule has 0 N–H and O–H groups in total. The number of hydrogen-bond donors (Lipinski definition) is 0. The zero-order valence-corrected chi connectivity index (χ0v) is 8.69. The average molecular weight is 182 g/mol. The Bertz CT molecular complexity index is 238. The maximum atomic E-state index is 4.24. The summed E-state index contributed by atoms with van der Waals surface area (Å²) in [7, 11) is 1.81. The summed E-state index contributed by atoms with van der Waals surface area (Å²) in [4.78, 5) is 1.54. The minimum absolute atomic E-state index is 0.503. The number of aromatic nitrogens is 4. The molecule has 0 aliphatic heterocycles. The largest absolute Gasteiger partial charge is 0.177 e. The van der Waals surface area contributed by atoms with Gasteiger partial charge in [-0.1, -0.05) is 26.7 Å². The summed E-state index contributed by atoms with van der Waals surface area (Å²) in [6.07, 6.45) is 4.70. The fourth-order valence-electron chi connectivity index (χ4n) is 1.56. The molecule has 0 bridgehead atoms. The smallest absolute Gasteiger partial charge is 0.167 e. The van der Waals surface area contributed by atoms with Crippen LogP contribution in [-0.2, 0) is 7.05 Å². The van der Waals surface area contributed by atoms with Crippen LogP contribution in [0.3, 0.4) is 0 Å². The Morgan fingerprint density at radius 2 is 1.85 bits per heavy atom. The molecule has 0 aromatic carbocycles. The van der Waals surface area contributed by atoms with Crippen molar-refractivity contribution in [1.82, 2.24) is 20.2 Å². The summed E-state index contributed by atoms with van der Waals surface area (Å²) < 4.78 is 0. The highest BCUT2D eigenvalue weighted by molar-refractivity contribution is 4.90. The van der Waals surface area contributed by atoms with Crippen LogP contribution in [0, 0.1) is 0 Å². The first-order valence-corrected chi connectivity index (χ1v) is 5.01. The highest BCUT2D eigenvalue weighted by Crippen LogP contribution is 2.22. The molecule has 0 aliphatic rings. The summed E-state index contributed by atoms with van der Waals surface area (Å²) in [6, 6.07) is 0. The molecule has 74 valence electrons. The summed E-state index contributed by atoms with van der Waals surface area (Å²) in [5.41, 5.74) is 0. The van der Waals surface area contributed by atoms with E-state index in [1.807, 2.05) is 7.05 Å². The van der Waals surface area contributed by atoms with Gasteiger partial charge in [-0.25, -0.2) is 0 Å². The minimum Gasteiger partial charge on any atom is -0.167 e. The lowest BCUT2D eigenvalue weighted by Gasteiger charge is -2.09. The van der Waals surface area contributed by atoms with Crippen LogP contribution in [0.4, 0.5) is 0 Å². The van der Waals surface area contributed by atoms with Crippen molar-refractivity contribution in [2.45, 2.75) is 45.4 Å². The first-order chi connectivity index (χ1) is 6.27. The summed E-state index contributed by atoms with van der Waals surface area (Å²) >= 11 is 0. The lowest BCUT2D eigenvalue weighted by molar-refractivity contribution is 0.529. The van der Waals surface area contributed by atoms with Crippen LogP contribution in [0.5, 0.6) is 0 Å². The van der Waals surface area contributed by atoms with Crippen LogP contribution in [-0.4, -0.2) is 20.2 Å². The molecule has 1 aromatic heterocycles. The lowest BCUT2D eigenvalue weighted by atomic mass is 9.98. The van der Waals surface area contributed by atoms with Crippen molar-refractivity contribution < 1.29 is 0 Å². The molecule has 0 unspecified atom stereocenters. The van der Waals surface area contributed by atoms with Crippen LogP contribution in [0.15, 0.2) is 0 Å². The Hall–Kier alpha value is -0.930. The van der Waals surface area contributed by atoms with Crippen molar-refractivity contribution >= 4 is 0 Å². The van der Waals surface area contributed by atoms with Crippen LogP contribution < -0.4 is 0 Å². The van der Waals surface area contributed by atoms with Crippen molar-refractivity contribution in [2.75, 3.05) is 0 Å². The predicted molar refractivity (Wildman–Crippen MR) is 51.4 cm³/mol.